The minimum Gasteiger partial charge on any atom is -0.481 e. The minimum absolute atomic E-state index is 0.435. The van der Waals surface area contributed by atoms with E-state index in [-0.39, 0.29) is 0 Å². The van der Waals surface area contributed by atoms with Crippen LogP contribution in [0.15, 0.2) is 18.2 Å². The molecule has 0 unspecified atom stereocenters. The molecule has 0 aliphatic heterocycles. The maximum atomic E-state index is 5.46. The molecule has 112 valence electrons. The number of aromatic nitrogens is 2. The summed E-state index contributed by atoms with van der Waals surface area (Å²) in [5, 5.41) is 8.10. The van der Waals surface area contributed by atoms with Crippen LogP contribution in [0.1, 0.15) is 40.4 Å². The number of hydrogen-bond acceptors (Lipinski definition) is 3. The summed E-state index contributed by atoms with van der Waals surface area (Å²) in [5.74, 6) is 0.849. The Morgan fingerprint density at radius 1 is 1.38 bits per heavy atom. The minimum atomic E-state index is 0.435. The monoisotopic (exact) mass is 285 g/mol. The number of nitrogens with zero attached hydrogens (tertiary/aromatic N) is 2. The molecule has 3 rings (SSSR count). The molecular weight excluding hydrogens is 262 g/mol. The van der Waals surface area contributed by atoms with Crippen molar-refractivity contribution in [2.75, 3.05) is 7.11 Å². The van der Waals surface area contributed by atoms with E-state index in [1.165, 1.54) is 23.1 Å². The molecule has 0 radical (unpaired) electrons. The summed E-state index contributed by atoms with van der Waals surface area (Å²) in [6.07, 6.45) is 2.33. The van der Waals surface area contributed by atoms with E-state index in [4.69, 9.17) is 4.74 Å². The van der Waals surface area contributed by atoms with E-state index in [0.717, 1.165) is 30.1 Å². The second kappa shape index (κ2) is 5.53. The van der Waals surface area contributed by atoms with Crippen molar-refractivity contribution in [3.8, 4) is 5.88 Å². The fourth-order valence-electron chi connectivity index (χ4n) is 3.32. The maximum absolute atomic E-state index is 5.46. The smallest absolute Gasteiger partial charge is 0.216 e. The molecule has 1 aliphatic rings. The zero-order valence-electron chi connectivity index (χ0n) is 13.2. The maximum Gasteiger partial charge on any atom is 0.216 e. The highest BCUT2D eigenvalue weighted by atomic mass is 16.5. The first-order valence-corrected chi connectivity index (χ1v) is 7.49. The third kappa shape index (κ3) is 2.56. The lowest BCUT2D eigenvalue weighted by molar-refractivity contribution is 0.366. The van der Waals surface area contributed by atoms with Crippen molar-refractivity contribution in [2.45, 2.75) is 39.3 Å². The van der Waals surface area contributed by atoms with Gasteiger partial charge in [0.2, 0.25) is 5.88 Å². The Morgan fingerprint density at radius 3 is 2.95 bits per heavy atom. The summed E-state index contributed by atoms with van der Waals surface area (Å²) in [7, 11) is 3.62. The van der Waals surface area contributed by atoms with Gasteiger partial charge in [-0.2, -0.15) is 5.10 Å². The molecule has 0 bridgehead atoms. The van der Waals surface area contributed by atoms with E-state index >= 15 is 0 Å². The van der Waals surface area contributed by atoms with Gasteiger partial charge in [-0.15, -0.1) is 0 Å². The predicted molar refractivity (Wildman–Crippen MR) is 83.6 cm³/mol. The summed E-state index contributed by atoms with van der Waals surface area (Å²) in [6, 6.07) is 7.22. The molecule has 4 heteroatoms. The van der Waals surface area contributed by atoms with E-state index in [1.807, 2.05) is 14.0 Å². The first-order valence-electron chi connectivity index (χ1n) is 7.49. The molecule has 0 saturated heterocycles. The lowest BCUT2D eigenvalue weighted by atomic mass is 10.1. The molecule has 21 heavy (non-hydrogen) atoms. The van der Waals surface area contributed by atoms with E-state index < -0.39 is 0 Å². The summed E-state index contributed by atoms with van der Waals surface area (Å²) in [4.78, 5) is 0. The van der Waals surface area contributed by atoms with Gasteiger partial charge in [-0.05, 0) is 37.8 Å². The molecular formula is C17H23N3O. The number of ether oxygens (including phenoxy) is 1. The Morgan fingerprint density at radius 2 is 2.19 bits per heavy atom. The number of benzene rings is 1. The van der Waals surface area contributed by atoms with Gasteiger partial charge in [-0.25, -0.2) is 4.68 Å². The molecule has 4 nitrogen and oxygen atoms in total. The Kier molecular flexibility index (Phi) is 3.72. The van der Waals surface area contributed by atoms with E-state index in [9.17, 15) is 0 Å². The van der Waals surface area contributed by atoms with Crippen LogP contribution in [0.2, 0.25) is 0 Å². The fourth-order valence-corrected chi connectivity index (χ4v) is 3.32. The van der Waals surface area contributed by atoms with Gasteiger partial charge in [-0.3, -0.25) is 0 Å². The number of fused-ring (bicyclic) bond motifs is 1. The highest BCUT2D eigenvalue weighted by molar-refractivity contribution is 5.38. The van der Waals surface area contributed by atoms with Crippen molar-refractivity contribution in [3.05, 3.63) is 46.1 Å². The fraction of sp³-hybridized carbons (Fsp3) is 0.471. The number of nitrogens with one attached hydrogen (secondary N) is 1. The van der Waals surface area contributed by atoms with Gasteiger partial charge in [0, 0.05) is 19.6 Å². The third-order valence-electron chi connectivity index (χ3n) is 4.38. The van der Waals surface area contributed by atoms with Gasteiger partial charge >= 0.3 is 0 Å². The van der Waals surface area contributed by atoms with Gasteiger partial charge in [0.1, 0.15) is 0 Å². The molecule has 1 atom stereocenters. The quantitative estimate of drug-likeness (QED) is 0.939. The Hall–Kier alpha value is -1.81. The van der Waals surface area contributed by atoms with Gasteiger partial charge in [0.25, 0.3) is 0 Å². The van der Waals surface area contributed by atoms with Crippen LogP contribution in [0.4, 0.5) is 0 Å². The van der Waals surface area contributed by atoms with Crippen LogP contribution in [0.25, 0.3) is 0 Å². The lowest BCUT2D eigenvalue weighted by Crippen LogP contribution is -2.19. The largest absolute Gasteiger partial charge is 0.481 e. The molecule has 0 saturated carbocycles. The average Bonchev–Trinajstić information content (AvgIpc) is 2.96. The van der Waals surface area contributed by atoms with Crippen molar-refractivity contribution in [1.82, 2.24) is 15.1 Å². The molecule has 0 fully saturated rings. The van der Waals surface area contributed by atoms with Crippen LogP contribution >= 0.6 is 0 Å². The Balaban J connectivity index is 1.76. The van der Waals surface area contributed by atoms with Crippen LogP contribution < -0.4 is 10.1 Å². The summed E-state index contributed by atoms with van der Waals surface area (Å²) >= 11 is 0. The van der Waals surface area contributed by atoms with Crippen LogP contribution in [0, 0.1) is 13.8 Å². The molecule has 1 heterocycles. The van der Waals surface area contributed by atoms with Gasteiger partial charge in [0.15, 0.2) is 0 Å². The molecule has 1 N–H and O–H groups in total. The Bertz CT molecular complexity index is 660. The van der Waals surface area contributed by atoms with Crippen LogP contribution in [0.5, 0.6) is 5.88 Å². The molecule has 1 aromatic carbocycles. The van der Waals surface area contributed by atoms with Crippen LogP contribution in [-0.4, -0.2) is 16.9 Å². The zero-order chi connectivity index (χ0) is 15.0. The number of rotatable bonds is 4. The SMILES string of the molecule is COc1c(CN[C@@H]2CCc3cc(C)ccc32)c(C)nn1C. The first kappa shape index (κ1) is 14.1. The molecule has 0 amide bonds. The number of aryl methyl sites for hydroxylation is 4. The second-order valence-corrected chi connectivity index (χ2v) is 5.87. The van der Waals surface area contributed by atoms with E-state index in [0.29, 0.717) is 6.04 Å². The standard InChI is InChI=1S/C17H23N3O/c1-11-5-7-14-13(9-11)6-8-16(14)18-10-15-12(2)19-20(3)17(15)21-4/h5,7,9,16,18H,6,8,10H2,1-4H3/t16-/m1/s1. The van der Waals surface area contributed by atoms with Crippen molar-refractivity contribution >= 4 is 0 Å². The lowest BCUT2D eigenvalue weighted by Gasteiger charge is -2.15. The van der Waals surface area contributed by atoms with E-state index in [2.05, 4.69) is 35.5 Å². The first-order chi connectivity index (χ1) is 10.1. The molecule has 1 aliphatic carbocycles. The van der Waals surface area contributed by atoms with Gasteiger partial charge in [-0.1, -0.05) is 23.8 Å². The molecule has 2 aromatic rings. The van der Waals surface area contributed by atoms with Crippen molar-refractivity contribution in [2.24, 2.45) is 7.05 Å². The number of hydrogen-bond donors (Lipinski definition) is 1. The van der Waals surface area contributed by atoms with Gasteiger partial charge < -0.3 is 10.1 Å². The summed E-state index contributed by atoms with van der Waals surface area (Å²) in [6.45, 7) is 4.98. The van der Waals surface area contributed by atoms with Crippen LogP contribution in [-0.2, 0) is 20.0 Å². The van der Waals surface area contributed by atoms with Crippen LogP contribution in [0.3, 0.4) is 0 Å². The predicted octanol–water partition coefficient (Wildman–Crippen LogP) is 2.82. The number of methoxy groups -OCH3 is 1. The Labute approximate surface area is 126 Å². The van der Waals surface area contributed by atoms with Crippen molar-refractivity contribution in [1.29, 1.82) is 0 Å². The topological polar surface area (TPSA) is 39.1 Å². The zero-order valence-corrected chi connectivity index (χ0v) is 13.2. The normalized spacial score (nSPS) is 17.0. The summed E-state index contributed by atoms with van der Waals surface area (Å²) < 4.78 is 7.26. The van der Waals surface area contributed by atoms with E-state index in [1.54, 1.807) is 11.8 Å². The highest BCUT2D eigenvalue weighted by Crippen LogP contribution is 2.32. The van der Waals surface area contributed by atoms with Crippen molar-refractivity contribution in [3.63, 3.8) is 0 Å². The van der Waals surface area contributed by atoms with Crippen molar-refractivity contribution < 1.29 is 4.74 Å². The second-order valence-electron chi connectivity index (χ2n) is 5.87. The third-order valence-corrected chi connectivity index (χ3v) is 4.38. The average molecular weight is 285 g/mol. The highest BCUT2D eigenvalue weighted by Gasteiger charge is 2.23. The van der Waals surface area contributed by atoms with Gasteiger partial charge in [0.05, 0.1) is 18.4 Å². The summed E-state index contributed by atoms with van der Waals surface area (Å²) in [5.41, 5.74) is 6.46. The molecule has 0 spiro atoms. The molecule has 1 aromatic heterocycles.